The first-order valence-electron chi connectivity index (χ1n) is 17.3. The van der Waals surface area contributed by atoms with Gasteiger partial charge >= 0.3 is 293 Å². The van der Waals surface area contributed by atoms with Gasteiger partial charge in [-0.1, -0.05) is 0 Å². The van der Waals surface area contributed by atoms with Gasteiger partial charge in [0.05, 0.1) is 0 Å². The molecule has 0 N–H and O–H groups in total. The zero-order valence-corrected chi connectivity index (χ0v) is 32.8. The van der Waals surface area contributed by atoms with Crippen LogP contribution in [0.5, 0.6) is 0 Å². The first-order chi connectivity index (χ1) is 23.4. The van der Waals surface area contributed by atoms with Crippen LogP contribution in [0.3, 0.4) is 0 Å². The number of hydrogen-bond donors (Lipinski definition) is 0. The standard InChI is InChI=1S/C44H34Si.2CH3.Hf/c1-31-19-23-33(24-20-31)41-17-9-11-35-27-39(29-43(35)41)45(37-13-5-3-6-14-37,38-15-7-4-8-16-38)40-28-36-12-10-18-42(44(36)30-40)34-25-21-32(2)22-26-34;;;/h3-30H,1-2H3;2*1H3;. The quantitative estimate of drug-likeness (QED) is 0.156. The van der Waals surface area contributed by atoms with E-state index in [0.717, 1.165) is 0 Å². The maximum absolute atomic E-state index is 3.29. The van der Waals surface area contributed by atoms with Crippen molar-refractivity contribution in [1.82, 2.24) is 0 Å². The molecule has 1 saturated heterocycles. The number of hydrogen-bond acceptors (Lipinski definition) is 0. The molecule has 0 spiro atoms. The molecule has 9 rings (SSSR count). The normalized spacial score (nSPS) is 19.4. The summed E-state index contributed by atoms with van der Waals surface area (Å²) in [6.07, 6.45) is 5.42. The summed E-state index contributed by atoms with van der Waals surface area (Å²) < 4.78 is 6.58. The van der Waals surface area contributed by atoms with Crippen molar-refractivity contribution in [3.63, 3.8) is 0 Å². The van der Waals surface area contributed by atoms with E-state index in [0.29, 0.717) is 7.35 Å². The van der Waals surface area contributed by atoms with Crippen LogP contribution in [0, 0.1) is 13.8 Å². The van der Waals surface area contributed by atoms with E-state index in [2.05, 4.69) is 181 Å². The van der Waals surface area contributed by atoms with Crippen LogP contribution in [0.25, 0.3) is 34.4 Å². The van der Waals surface area contributed by atoms with Crippen LogP contribution in [0.4, 0.5) is 0 Å². The molecule has 2 unspecified atom stereocenters. The van der Waals surface area contributed by atoms with E-state index in [1.165, 1.54) is 54.9 Å². The molecule has 232 valence electrons. The summed E-state index contributed by atoms with van der Waals surface area (Å²) in [7, 11) is -2.67. The zero-order chi connectivity index (χ0) is 32.6. The van der Waals surface area contributed by atoms with Gasteiger partial charge in [-0.05, 0) is 0 Å². The molecule has 1 heterocycles. The third kappa shape index (κ3) is 4.28. The molecule has 2 atom stereocenters. The van der Waals surface area contributed by atoms with Gasteiger partial charge in [-0.3, -0.25) is 0 Å². The first-order valence-corrected chi connectivity index (χ1v) is 30.7. The van der Waals surface area contributed by atoms with E-state index in [1.807, 2.05) is 0 Å². The Labute approximate surface area is 290 Å². The van der Waals surface area contributed by atoms with E-state index in [1.54, 1.807) is 21.5 Å². The summed E-state index contributed by atoms with van der Waals surface area (Å²) in [5.41, 5.74) is 14.1. The topological polar surface area (TPSA) is 0 Å². The fourth-order valence-corrected chi connectivity index (χ4v) is 40.7. The second kappa shape index (κ2) is 11.2. The van der Waals surface area contributed by atoms with E-state index in [-0.39, 0.29) is 0 Å². The Morgan fingerprint density at radius 3 is 1.23 bits per heavy atom. The van der Waals surface area contributed by atoms with Crippen molar-refractivity contribution in [3.8, 4) is 22.3 Å². The Hall–Kier alpha value is -4.11. The van der Waals surface area contributed by atoms with Crippen LogP contribution >= 0.6 is 0 Å². The molecular formula is C46H40HfSi. The van der Waals surface area contributed by atoms with Gasteiger partial charge in [0, 0.05) is 0 Å². The Kier molecular flexibility index (Phi) is 7.01. The van der Waals surface area contributed by atoms with E-state index in [9.17, 15) is 0 Å². The molecule has 2 aliphatic carbocycles. The molecule has 1 aliphatic heterocycles. The predicted octanol–water partition coefficient (Wildman–Crippen LogP) is 10.8. The minimum absolute atomic E-state index is 0.515. The van der Waals surface area contributed by atoms with Gasteiger partial charge in [-0.25, -0.2) is 0 Å². The summed E-state index contributed by atoms with van der Waals surface area (Å²) in [6, 6.07) is 56.0. The molecule has 6 aromatic carbocycles. The van der Waals surface area contributed by atoms with Gasteiger partial charge in [-0.2, -0.15) is 0 Å². The molecule has 0 nitrogen and oxygen atoms in total. The number of rotatable bonds is 4. The molecule has 3 aliphatic rings. The van der Waals surface area contributed by atoms with Gasteiger partial charge in [0.25, 0.3) is 0 Å². The Balaban J connectivity index is 1.39. The zero-order valence-electron chi connectivity index (χ0n) is 28.2. The predicted molar refractivity (Wildman–Crippen MR) is 204 cm³/mol. The number of aryl methyl sites for hydroxylation is 2. The Morgan fingerprint density at radius 2 is 0.833 bits per heavy atom. The van der Waals surface area contributed by atoms with E-state index >= 15 is 0 Å². The van der Waals surface area contributed by atoms with Gasteiger partial charge < -0.3 is 0 Å². The Morgan fingerprint density at radius 1 is 0.438 bits per heavy atom. The number of fused-ring (bicyclic) bond motifs is 6. The second-order valence-corrected chi connectivity index (χ2v) is 35.8. The van der Waals surface area contributed by atoms with Crippen LogP contribution < -0.4 is 10.4 Å². The van der Waals surface area contributed by atoms with Crippen molar-refractivity contribution in [2.45, 2.75) is 30.6 Å². The van der Waals surface area contributed by atoms with Crippen molar-refractivity contribution in [2.24, 2.45) is 0 Å². The monoisotopic (exact) mass is 800 g/mol. The summed E-state index contributed by atoms with van der Waals surface area (Å²) in [5.74, 6) is 0. The van der Waals surface area contributed by atoms with Gasteiger partial charge in [0.2, 0.25) is 0 Å². The molecule has 2 heteroatoms. The van der Waals surface area contributed by atoms with Crippen LogP contribution in [-0.4, -0.2) is 8.07 Å². The maximum atomic E-state index is 2.78. The Bertz CT molecular complexity index is 2100. The molecular weight excluding hydrogens is 759 g/mol. The number of benzene rings is 6. The van der Waals surface area contributed by atoms with E-state index in [4.69, 9.17) is 0 Å². The van der Waals surface area contributed by atoms with Crippen molar-refractivity contribution in [2.75, 3.05) is 0 Å². The average molecular weight is 799 g/mol. The average Bonchev–Trinajstić information content (AvgIpc) is 3.72. The molecule has 6 aromatic rings. The van der Waals surface area contributed by atoms with E-state index < -0.39 is 28.0 Å². The fraction of sp³-hybridized carbons (Fsp3) is 0.130. The third-order valence-electron chi connectivity index (χ3n) is 11.6. The van der Waals surface area contributed by atoms with Crippen LogP contribution in [0.1, 0.15) is 40.7 Å². The molecule has 1 fully saturated rings. The van der Waals surface area contributed by atoms with Gasteiger partial charge in [0.15, 0.2) is 0 Å². The summed E-state index contributed by atoms with van der Waals surface area (Å²) in [4.78, 5) is 0. The minimum atomic E-state index is -3.29. The van der Waals surface area contributed by atoms with Crippen molar-refractivity contribution >= 4 is 30.6 Å². The van der Waals surface area contributed by atoms with Crippen LogP contribution in [-0.2, 0) is 20.0 Å². The molecule has 0 bridgehead atoms. The molecule has 0 amide bonds. The van der Waals surface area contributed by atoms with Crippen LogP contribution in [0.2, 0.25) is 9.36 Å². The molecule has 0 radical (unpaired) electrons. The molecule has 0 saturated carbocycles. The third-order valence-corrected chi connectivity index (χ3v) is 33.8. The van der Waals surface area contributed by atoms with Crippen molar-refractivity contribution in [1.29, 1.82) is 0 Å². The molecule has 0 aromatic heterocycles. The fourth-order valence-electron chi connectivity index (χ4n) is 9.57. The molecule has 48 heavy (non-hydrogen) atoms. The number of allylic oxidation sites excluding steroid dienone is 2. The summed E-state index contributed by atoms with van der Waals surface area (Å²) >= 11 is -3.29. The first kappa shape index (κ1) is 30.0. The second-order valence-electron chi connectivity index (χ2n) is 14.7. The summed E-state index contributed by atoms with van der Waals surface area (Å²) in [6.45, 7) is 4.36. The van der Waals surface area contributed by atoms with Crippen LogP contribution in [0.15, 0.2) is 156 Å². The van der Waals surface area contributed by atoms with Gasteiger partial charge in [-0.15, -0.1) is 0 Å². The van der Waals surface area contributed by atoms with Gasteiger partial charge in [0.1, 0.15) is 0 Å². The SMILES string of the molecule is Cc1ccc(-c2cccc3c2C=C2[CH]3[Hf]([CH3])([CH3])[CH]3C(=Cc4c(-c5ccc(C)cc5)cccc43)[Si]2(c2ccccc2)c2ccccc2)cc1. The van der Waals surface area contributed by atoms with Crippen molar-refractivity contribution in [3.05, 3.63) is 189 Å². The van der Waals surface area contributed by atoms with Crippen molar-refractivity contribution < 1.29 is 20.0 Å². The summed E-state index contributed by atoms with van der Waals surface area (Å²) in [5, 5.41) is 6.49.